The first-order valence-electron chi connectivity index (χ1n) is 7.81. The fourth-order valence-electron chi connectivity index (χ4n) is 3.01. The van der Waals surface area contributed by atoms with E-state index in [1.165, 1.54) is 42.4 Å². The Labute approximate surface area is 120 Å². The minimum atomic E-state index is 0.607. The smallest absolute Gasteiger partial charge is 0.00966 e. The first-order valence-corrected chi connectivity index (χ1v) is 7.81. The average Bonchev–Trinajstić information content (AvgIpc) is 2.95. The van der Waals surface area contributed by atoms with E-state index in [1.807, 2.05) is 0 Å². The lowest BCUT2D eigenvalue weighted by atomic mass is 9.76. The lowest BCUT2D eigenvalue weighted by Crippen LogP contribution is -2.17. The van der Waals surface area contributed by atoms with Crippen molar-refractivity contribution in [3.63, 3.8) is 0 Å². The third kappa shape index (κ3) is 4.53. The summed E-state index contributed by atoms with van der Waals surface area (Å²) in [5.41, 5.74) is 4.22. The topological polar surface area (TPSA) is 0 Å². The molecule has 1 aliphatic rings. The minimum Gasteiger partial charge on any atom is -0.0949 e. The second-order valence-corrected chi connectivity index (χ2v) is 5.73. The number of hydrogen-bond donors (Lipinski definition) is 0. The molecule has 0 heterocycles. The lowest BCUT2D eigenvalue weighted by molar-refractivity contribution is 0.341. The summed E-state index contributed by atoms with van der Waals surface area (Å²) in [5, 5.41) is 0. The number of allylic oxidation sites excluding steroid dienone is 7. The Hall–Kier alpha value is -1.04. The highest BCUT2D eigenvalue weighted by molar-refractivity contribution is 5.43. The zero-order valence-electron chi connectivity index (χ0n) is 13.2. The van der Waals surface area contributed by atoms with Crippen molar-refractivity contribution in [3.8, 4) is 0 Å². The molecule has 1 aliphatic carbocycles. The third-order valence-electron chi connectivity index (χ3n) is 4.38. The van der Waals surface area contributed by atoms with Gasteiger partial charge >= 0.3 is 0 Å². The van der Waals surface area contributed by atoms with Crippen LogP contribution in [0.4, 0.5) is 0 Å². The molecule has 0 aromatic heterocycles. The molecule has 0 fully saturated rings. The fraction of sp³-hybridized carbons (Fsp3) is 0.579. The van der Waals surface area contributed by atoms with Crippen LogP contribution in [0, 0.1) is 11.8 Å². The molecule has 1 rings (SSSR count). The molecule has 0 aromatic carbocycles. The van der Waals surface area contributed by atoms with Gasteiger partial charge in [-0.2, -0.15) is 0 Å². The highest BCUT2D eigenvalue weighted by atomic mass is 14.3. The van der Waals surface area contributed by atoms with Crippen molar-refractivity contribution in [2.75, 3.05) is 0 Å². The summed E-state index contributed by atoms with van der Waals surface area (Å²) in [6.45, 7) is 13.4. The molecule has 106 valence electrons. The van der Waals surface area contributed by atoms with E-state index in [4.69, 9.17) is 0 Å². The standard InChI is InChI=1S/C19H30/c1-6-11-17(8-3)19(14-15(4)7-2)16(5)18-12-9-10-13-18/h7,9,12-13,17,19H,5-6,8,10-11,14H2,1-4H3/b15-7+/t17?,19-/m1/s1. The van der Waals surface area contributed by atoms with Crippen LogP contribution in [0.3, 0.4) is 0 Å². The fourth-order valence-corrected chi connectivity index (χ4v) is 3.01. The van der Waals surface area contributed by atoms with Gasteiger partial charge in [0.05, 0.1) is 0 Å². The Morgan fingerprint density at radius 1 is 1.42 bits per heavy atom. The second kappa shape index (κ2) is 8.19. The summed E-state index contributed by atoms with van der Waals surface area (Å²) in [7, 11) is 0. The van der Waals surface area contributed by atoms with Crippen molar-refractivity contribution in [1.29, 1.82) is 0 Å². The maximum atomic E-state index is 4.43. The van der Waals surface area contributed by atoms with E-state index in [2.05, 4.69) is 58.6 Å². The third-order valence-corrected chi connectivity index (χ3v) is 4.38. The number of hydrogen-bond acceptors (Lipinski definition) is 0. The normalized spacial score (nSPS) is 18.3. The van der Waals surface area contributed by atoms with Crippen molar-refractivity contribution in [1.82, 2.24) is 0 Å². The van der Waals surface area contributed by atoms with Crippen molar-refractivity contribution in [2.45, 2.75) is 59.8 Å². The molecule has 0 spiro atoms. The Bertz CT molecular complexity index is 379. The maximum Gasteiger partial charge on any atom is -0.00966 e. The molecule has 0 amide bonds. The highest BCUT2D eigenvalue weighted by Gasteiger charge is 2.24. The van der Waals surface area contributed by atoms with Crippen LogP contribution in [-0.2, 0) is 0 Å². The molecule has 1 unspecified atom stereocenters. The SMILES string of the molecule is C=C(C1=CCC=C1)[C@@H](C/C(C)=C/C)C(CC)CCC. The zero-order chi connectivity index (χ0) is 14.3. The predicted molar refractivity (Wildman–Crippen MR) is 87.2 cm³/mol. The van der Waals surface area contributed by atoms with Gasteiger partial charge in [-0.25, -0.2) is 0 Å². The Kier molecular flexibility index (Phi) is 6.91. The first kappa shape index (κ1) is 16.0. The van der Waals surface area contributed by atoms with Crippen LogP contribution in [0.1, 0.15) is 59.8 Å². The van der Waals surface area contributed by atoms with Crippen LogP contribution in [-0.4, -0.2) is 0 Å². The van der Waals surface area contributed by atoms with Crippen LogP contribution in [0.25, 0.3) is 0 Å². The van der Waals surface area contributed by atoms with Crippen LogP contribution < -0.4 is 0 Å². The molecule has 0 radical (unpaired) electrons. The van der Waals surface area contributed by atoms with E-state index >= 15 is 0 Å². The second-order valence-electron chi connectivity index (χ2n) is 5.73. The van der Waals surface area contributed by atoms with Gasteiger partial charge in [-0.3, -0.25) is 0 Å². The van der Waals surface area contributed by atoms with Gasteiger partial charge < -0.3 is 0 Å². The van der Waals surface area contributed by atoms with E-state index < -0.39 is 0 Å². The molecule has 0 nitrogen and oxygen atoms in total. The van der Waals surface area contributed by atoms with E-state index in [0.29, 0.717) is 5.92 Å². The molecule has 0 saturated heterocycles. The van der Waals surface area contributed by atoms with E-state index in [9.17, 15) is 0 Å². The monoisotopic (exact) mass is 258 g/mol. The summed E-state index contributed by atoms with van der Waals surface area (Å²) in [5.74, 6) is 1.37. The molecule has 0 bridgehead atoms. The predicted octanol–water partition coefficient (Wildman–Crippen LogP) is 6.23. The van der Waals surface area contributed by atoms with E-state index in [1.54, 1.807) is 0 Å². The van der Waals surface area contributed by atoms with Crippen LogP contribution in [0.2, 0.25) is 0 Å². The molecule has 0 aromatic rings. The Morgan fingerprint density at radius 2 is 2.16 bits per heavy atom. The summed E-state index contributed by atoms with van der Waals surface area (Å²) < 4.78 is 0. The average molecular weight is 258 g/mol. The van der Waals surface area contributed by atoms with Gasteiger partial charge in [0.25, 0.3) is 0 Å². The summed E-state index contributed by atoms with van der Waals surface area (Å²) >= 11 is 0. The van der Waals surface area contributed by atoms with E-state index in [0.717, 1.165) is 12.3 Å². The van der Waals surface area contributed by atoms with Gasteiger partial charge in [0.15, 0.2) is 0 Å². The largest absolute Gasteiger partial charge is 0.0949 e. The molecule has 0 aliphatic heterocycles. The molecule has 2 atom stereocenters. The Morgan fingerprint density at radius 3 is 2.63 bits per heavy atom. The van der Waals surface area contributed by atoms with Crippen molar-refractivity contribution < 1.29 is 0 Å². The van der Waals surface area contributed by atoms with Gasteiger partial charge in [-0.1, -0.05) is 69.6 Å². The molecule has 0 saturated carbocycles. The summed E-state index contributed by atoms with van der Waals surface area (Å²) in [6.07, 6.45) is 15.1. The van der Waals surface area contributed by atoms with Crippen molar-refractivity contribution in [3.05, 3.63) is 47.6 Å². The minimum absolute atomic E-state index is 0.607. The summed E-state index contributed by atoms with van der Waals surface area (Å²) in [4.78, 5) is 0. The molecule has 19 heavy (non-hydrogen) atoms. The Balaban J connectivity index is 2.89. The maximum absolute atomic E-state index is 4.43. The van der Waals surface area contributed by atoms with Crippen LogP contribution in [0.15, 0.2) is 47.6 Å². The highest BCUT2D eigenvalue weighted by Crippen LogP contribution is 2.36. The zero-order valence-corrected chi connectivity index (χ0v) is 13.2. The van der Waals surface area contributed by atoms with Gasteiger partial charge in [-0.05, 0) is 49.7 Å². The quantitative estimate of drug-likeness (QED) is 0.453. The van der Waals surface area contributed by atoms with Crippen LogP contribution in [0.5, 0.6) is 0 Å². The molecule has 0 N–H and O–H groups in total. The van der Waals surface area contributed by atoms with Gasteiger partial charge in [0.2, 0.25) is 0 Å². The van der Waals surface area contributed by atoms with E-state index in [-0.39, 0.29) is 0 Å². The summed E-state index contributed by atoms with van der Waals surface area (Å²) in [6, 6.07) is 0. The van der Waals surface area contributed by atoms with Gasteiger partial charge in [-0.15, -0.1) is 0 Å². The molecular weight excluding hydrogens is 228 g/mol. The van der Waals surface area contributed by atoms with Crippen LogP contribution >= 0.6 is 0 Å². The number of rotatable bonds is 8. The molecule has 0 heteroatoms. The van der Waals surface area contributed by atoms with Gasteiger partial charge in [0, 0.05) is 0 Å². The van der Waals surface area contributed by atoms with Crippen molar-refractivity contribution >= 4 is 0 Å². The molecular formula is C19H30. The van der Waals surface area contributed by atoms with Gasteiger partial charge in [0.1, 0.15) is 0 Å². The lowest BCUT2D eigenvalue weighted by Gasteiger charge is -2.29. The van der Waals surface area contributed by atoms with Crippen molar-refractivity contribution in [2.24, 2.45) is 11.8 Å². The first-order chi connectivity index (χ1) is 9.13.